The lowest BCUT2D eigenvalue weighted by Gasteiger charge is -2.15. The molecule has 1 rings (SSSR count). The Bertz CT molecular complexity index is 450. The summed E-state index contributed by atoms with van der Waals surface area (Å²) in [6.45, 7) is 2.09. The molecule has 0 radical (unpaired) electrons. The molecule has 19 heavy (non-hydrogen) atoms. The second kappa shape index (κ2) is 7.52. The second-order valence-corrected chi connectivity index (χ2v) is 4.10. The zero-order valence-electron chi connectivity index (χ0n) is 10.7. The molecule has 2 atom stereocenters. The summed E-state index contributed by atoms with van der Waals surface area (Å²) in [7, 11) is 0. The normalized spacial score (nSPS) is 13.4. The summed E-state index contributed by atoms with van der Waals surface area (Å²) in [5, 5.41) is 27.7. The van der Waals surface area contributed by atoms with Gasteiger partial charge in [0.15, 0.2) is 0 Å². The van der Waals surface area contributed by atoms with Gasteiger partial charge in [-0.25, -0.2) is 0 Å². The number of rotatable bonds is 6. The molecule has 102 valence electrons. The summed E-state index contributed by atoms with van der Waals surface area (Å²) in [5.41, 5.74) is 1.28. The van der Waals surface area contributed by atoms with E-state index in [0.717, 1.165) is 5.56 Å². The first-order valence-electron chi connectivity index (χ1n) is 6.06. The number of aliphatic hydroxyl groups excluding tert-OH is 2. The minimum atomic E-state index is -1.11. The van der Waals surface area contributed by atoms with Crippen molar-refractivity contribution in [2.45, 2.75) is 32.0 Å². The topological polar surface area (TPSA) is 90.6 Å². The number of ether oxygens (including phenoxy) is 1. The Morgan fingerprint density at radius 1 is 1.37 bits per heavy atom. The van der Waals surface area contributed by atoms with Gasteiger partial charge in [-0.2, -0.15) is 5.26 Å². The summed E-state index contributed by atoms with van der Waals surface area (Å²) < 4.78 is 4.83. The average Bonchev–Trinajstić information content (AvgIpc) is 2.39. The molecule has 0 spiro atoms. The molecule has 0 aliphatic heterocycles. The standard InChI is InChI=1S/C14H17NO4/c1-2-19-13(17)9-10-3-5-11(6-4-10)14(18)12(16)7-8-15/h3-6,12,14,16,18H,2,7,9H2,1H3. The van der Waals surface area contributed by atoms with Crippen molar-refractivity contribution in [3.63, 3.8) is 0 Å². The van der Waals surface area contributed by atoms with E-state index in [9.17, 15) is 15.0 Å². The monoisotopic (exact) mass is 263 g/mol. The Labute approximate surface area is 112 Å². The van der Waals surface area contributed by atoms with Gasteiger partial charge in [0.05, 0.1) is 31.6 Å². The highest BCUT2D eigenvalue weighted by atomic mass is 16.5. The lowest BCUT2D eigenvalue weighted by Crippen LogP contribution is -2.17. The number of esters is 1. The zero-order valence-corrected chi connectivity index (χ0v) is 10.7. The molecule has 0 bridgehead atoms. The number of nitriles is 1. The number of hydrogen-bond acceptors (Lipinski definition) is 5. The van der Waals surface area contributed by atoms with E-state index in [0.29, 0.717) is 12.2 Å². The Morgan fingerprint density at radius 3 is 2.53 bits per heavy atom. The first kappa shape index (κ1) is 15.2. The van der Waals surface area contributed by atoms with E-state index >= 15 is 0 Å². The maximum absolute atomic E-state index is 11.3. The fourth-order valence-electron chi connectivity index (χ4n) is 1.64. The molecule has 1 aromatic rings. The molecule has 0 aromatic heterocycles. The van der Waals surface area contributed by atoms with Gasteiger partial charge < -0.3 is 14.9 Å². The molecular formula is C14H17NO4. The highest BCUT2D eigenvalue weighted by Gasteiger charge is 2.17. The van der Waals surface area contributed by atoms with Crippen LogP contribution in [0.25, 0.3) is 0 Å². The minimum Gasteiger partial charge on any atom is -0.466 e. The summed E-state index contributed by atoms with van der Waals surface area (Å²) in [5.74, 6) is -0.305. The molecule has 1 aromatic carbocycles. The van der Waals surface area contributed by atoms with Crippen LogP contribution in [0.5, 0.6) is 0 Å². The van der Waals surface area contributed by atoms with Crippen LogP contribution in [-0.4, -0.2) is 28.9 Å². The summed E-state index contributed by atoms with van der Waals surface area (Å²) in [6.07, 6.45) is -2.17. The number of nitrogens with zero attached hydrogens (tertiary/aromatic N) is 1. The molecule has 0 heterocycles. The lowest BCUT2D eigenvalue weighted by atomic mass is 10.0. The maximum Gasteiger partial charge on any atom is 0.310 e. The van der Waals surface area contributed by atoms with Gasteiger partial charge in [0.2, 0.25) is 0 Å². The van der Waals surface area contributed by atoms with Crippen molar-refractivity contribution in [2.24, 2.45) is 0 Å². The molecule has 0 saturated carbocycles. The van der Waals surface area contributed by atoms with Gasteiger partial charge in [0.1, 0.15) is 6.10 Å². The van der Waals surface area contributed by atoms with Crippen molar-refractivity contribution in [3.05, 3.63) is 35.4 Å². The highest BCUT2D eigenvalue weighted by Crippen LogP contribution is 2.19. The molecule has 5 heteroatoms. The van der Waals surface area contributed by atoms with Gasteiger partial charge in [-0.3, -0.25) is 4.79 Å². The van der Waals surface area contributed by atoms with Crippen molar-refractivity contribution < 1.29 is 19.7 Å². The first-order valence-corrected chi connectivity index (χ1v) is 6.06. The molecule has 0 fully saturated rings. The smallest absolute Gasteiger partial charge is 0.310 e. The summed E-state index contributed by atoms with van der Waals surface area (Å²) in [4.78, 5) is 11.3. The van der Waals surface area contributed by atoms with Crippen LogP contribution < -0.4 is 0 Å². The van der Waals surface area contributed by atoms with Crippen LogP contribution in [0.2, 0.25) is 0 Å². The number of carbonyl (C=O) groups is 1. The van der Waals surface area contributed by atoms with Crippen LogP contribution in [0.15, 0.2) is 24.3 Å². The third-order valence-corrected chi connectivity index (χ3v) is 2.64. The average molecular weight is 263 g/mol. The van der Waals surface area contributed by atoms with Crippen LogP contribution in [0.3, 0.4) is 0 Å². The van der Waals surface area contributed by atoms with E-state index in [-0.39, 0.29) is 18.8 Å². The van der Waals surface area contributed by atoms with Crippen molar-refractivity contribution in [1.82, 2.24) is 0 Å². The number of hydrogen-bond donors (Lipinski definition) is 2. The Kier molecular flexibility index (Phi) is 6.00. The third kappa shape index (κ3) is 4.70. The number of aliphatic hydroxyl groups is 2. The van der Waals surface area contributed by atoms with Gasteiger partial charge >= 0.3 is 5.97 Å². The molecule has 0 amide bonds. The van der Waals surface area contributed by atoms with Gasteiger partial charge in [0.25, 0.3) is 0 Å². The van der Waals surface area contributed by atoms with Crippen LogP contribution >= 0.6 is 0 Å². The second-order valence-electron chi connectivity index (χ2n) is 4.10. The van der Waals surface area contributed by atoms with E-state index < -0.39 is 12.2 Å². The van der Waals surface area contributed by atoms with Crippen molar-refractivity contribution in [3.8, 4) is 6.07 Å². The van der Waals surface area contributed by atoms with E-state index in [1.165, 1.54) is 0 Å². The van der Waals surface area contributed by atoms with Crippen molar-refractivity contribution >= 4 is 5.97 Å². The Hall–Kier alpha value is -1.90. The summed E-state index contributed by atoms with van der Waals surface area (Å²) in [6, 6.07) is 8.43. The van der Waals surface area contributed by atoms with Crippen molar-refractivity contribution in [1.29, 1.82) is 5.26 Å². The van der Waals surface area contributed by atoms with Crippen LogP contribution in [-0.2, 0) is 16.0 Å². The zero-order chi connectivity index (χ0) is 14.3. The molecule has 0 saturated heterocycles. The number of benzene rings is 1. The van der Waals surface area contributed by atoms with Gasteiger partial charge in [0, 0.05) is 0 Å². The molecule has 0 aliphatic carbocycles. The van der Waals surface area contributed by atoms with E-state index in [2.05, 4.69) is 0 Å². The lowest BCUT2D eigenvalue weighted by molar-refractivity contribution is -0.142. The van der Waals surface area contributed by atoms with Crippen LogP contribution in [0.4, 0.5) is 0 Å². The van der Waals surface area contributed by atoms with E-state index in [1.807, 2.05) is 0 Å². The molecular weight excluding hydrogens is 246 g/mol. The van der Waals surface area contributed by atoms with Gasteiger partial charge in [-0.1, -0.05) is 24.3 Å². The Morgan fingerprint density at radius 2 is 2.00 bits per heavy atom. The minimum absolute atomic E-state index is 0.133. The highest BCUT2D eigenvalue weighted by molar-refractivity contribution is 5.72. The van der Waals surface area contributed by atoms with E-state index in [4.69, 9.17) is 10.00 Å². The summed E-state index contributed by atoms with van der Waals surface area (Å²) >= 11 is 0. The van der Waals surface area contributed by atoms with Crippen molar-refractivity contribution in [2.75, 3.05) is 6.61 Å². The molecule has 2 N–H and O–H groups in total. The Balaban J connectivity index is 2.66. The first-order chi connectivity index (χ1) is 9.08. The largest absolute Gasteiger partial charge is 0.466 e. The molecule has 2 unspecified atom stereocenters. The van der Waals surface area contributed by atoms with Gasteiger partial charge in [-0.15, -0.1) is 0 Å². The third-order valence-electron chi connectivity index (χ3n) is 2.64. The molecule has 5 nitrogen and oxygen atoms in total. The predicted molar refractivity (Wildman–Crippen MR) is 68.0 cm³/mol. The quantitative estimate of drug-likeness (QED) is 0.750. The van der Waals surface area contributed by atoms with E-state index in [1.54, 1.807) is 37.3 Å². The van der Waals surface area contributed by atoms with Crippen LogP contribution in [0.1, 0.15) is 30.6 Å². The fraction of sp³-hybridized carbons (Fsp3) is 0.429. The van der Waals surface area contributed by atoms with Crippen LogP contribution in [0, 0.1) is 11.3 Å². The predicted octanol–water partition coefficient (Wildman–Crippen LogP) is 1.10. The van der Waals surface area contributed by atoms with Gasteiger partial charge in [-0.05, 0) is 18.1 Å². The fourth-order valence-corrected chi connectivity index (χ4v) is 1.64. The SMILES string of the molecule is CCOC(=O)Cc1ccc(C(O)C(O)CC#N)cc1. The molecule has 0 aliphatic rings. The maximum atomic E-state index is 11.3. The number of carbonyl (C=O) groups excluding carboxylic acids is 1.